The molecule has 2 aromatic carbocycles. The van der Waals surface area contributed by atoms with Gasteiger partial charge in [-0.2, -0.15) is 0 Å². The Labute approximate surface area is 176 Å². The average Bonchev–Trinajstić information content (AvgIpc) is 2.73. The minimum atomic E-state index is -0.150. The number of benzene rings is 2. The molecule has 2 aromatic rings. The molecule has 0 spiro atoms. The minimum Gasteiger partial charge on any atom is -0.484 e. The average molecular weight is 417 g/mol. The van der Waals surface area contributed by atoms with E-state index < -0.39 is 0 Å². The summed E-state index contributed by atoms with van der Waals surface area (Å²) in [6.07, 6.45) is 2.29. The van der Waals surface area contributed by atoms with E-state index in [1.165, 1.54) is 29.1 Å². The summed E-state index contributed by atoms with van der Waals surface area (Å²) in [5, 5.41) is 2.89. The molecule has 0 unspecified atom stereocenters. The first-order valence-corrected chi connectivity index (χ1v) is 11.7. The van der Waals surface area contributed by atoms with E-state index in [0.717, 1.165) is 24.4 Å². The Balaban J connectivity index is 1.43. The van der Waals surface area contributed by atoms with E-state index in [-0.39, 0.29) is 12.5 Å². The van der Waals surface area contributed by atoms with Crippen LogP contribution < -0.4 is 10.1 Å². The van der Waals surface area contributed by atoms with Gasteiger partial charge in [0.15, 0.2) is 6.61 Å². The van der Waals surface area contributed by atoms with Crippen LogP contribution in [0.15, 0.2) is 48.5 Å². The van der Waals surface area contributed by atoms with Crippen molar-refractivity contribution < 1.29 is 9.53 Å². The normalized spacial score (nSPS) is 14.8. The quantitative estimate of drug-likeness (QED) is 0.677. The second-order valence-electron chi connectivity index (χ2n) is 7.08. The molecular formula is C22H28N2O2S2. The predicted molar refractivity (Wildman–Crippen MR) is 122 cm³/mol. The number of nitrogens with one attached hydrogen (secondary N) is 1. The van der Waals surface area contributed by atoms with E-state index in [4.69, 9.17) is 4.74 Å². The van der Waals surface area contributed by atoms with E-state index in [0.29, 0.717) is 4.58 Å². The second kappa shape index (κ2) is 10.8. The van der Waals surface area contributed by atoms with Crippen molar-refractivity contribution in [2.75, 3.05) is 44.1 Å². The fourth-order valence-electron chi connectivity index (χ4n) is 2.85. The Bertz CT molecular complexity index is 742. The van der Waals surface area contributed by atoms with Gasteiger partial charge in [-0.1, -0.05) is 24.3 Å². The molecule has 0 saturated carbocycles. The van der Waals surface area contributed by atoms with Crippen molar-refractivity contribution in [3.63, 3.8) is 0 Å². The summed E-state index contributed by atoms with van der Waals surface area (Å²) in [7, 11) is 4.13. The Kier molecular flexibility index (Phi) is 8.13. The molecule has 0 aromatic heterocycles. The van der Waals surface area contributed by atoms with Crippen LogP contribution in [-0.2, 0) is 11.2 Å². The van der Waals surface area contributed by atoms with E-state index in [2.05, 4.69) is 48.6 Å². The Morgan fingerprint density at radius 2 is 1.75 bits per heavy atom. The first kappa shape index (κ1) is 21.1. The van der Waals surface area contributed by atoms with Gasteiger partial charge in [0.25, 0.3) is 5.91 Å². The highest BCUT2D eigenvalue weighted by Gasteiger charge is 2.16. The van der Waals surface area contributed by atoms with Gasteiger partial charge in [-0.3, -0.25) is 4.79 Å². The highest BCUT2D eigenvalue weighted by atomic mass is 32.2. The summed E-state index contributed by atoms with van der Waals surface area (Å²) >= 11 is 4.01. The minimum absolute atomic E-state index is 0.00859. The number of ether oxygens (including phenoxy) is 1. The van der Waals surface area contributed by atoms with Crippen LogP contribution in [0.5, 0.6) is 5.75 Å². The van der Waals surface area contributed by atoms with Crippen molar-refractivity contribution >= 4 is 35.1 Å². The van der Waals surface area contributed by atoms with Crippen LogP contribution >= 0.6 is 23.5 Å². The van der Waals surface area contributed by atoms with Crippen LogP contribution in [-0.4, -0.2) is 49.6 Å². The van der Waals surface area contributed by atoms with Crippen molar-refractivity contribution in [2.24, 2.45) is 0 Å². The zero-order valence-corrected chi connectivity index (χ0v) is 18.2. The molecule has 1 heterocycles. The van der Waals surface area contributed by atoms with E-state index >= 15 is 0 Å². The lowest BCUT2D eigenvalue weighted by Gasteiger charge is -2.21. The molecule has 4 nitrogen and oxygen atoms in total. The number of nitrogens with zero attached hydrogens (tertiary/aromatic N) is 1. The van der Waals surface area contributed by atoms with Crippen LogP contribution in [0.25, 0.3) is 0 Å². The molecule has 0 radical (unpaired) electrons. The van der Waals surface area contributed by atoms with Crippen molar-refractivity contribution in [3.8, 4) is 5.75 Å². The third kappa shape index (κ3) is 6.76. The lowest BCUT2D eigenvalue weighted by atomic mass is 10.1. The molecule has 1 amide bonds. The maximum absolute atomic E-state index is 12.2. The number of rotatable bonds is 8. The van der Waals surface area contributed by atoms with Gasteiger partial charge in [0.05, 0.1) is 4.58 Å². The predicted octanol–water partition coefficient (Wildman–Crippen LogP) is 4.68. The van der Waals surface area contributed by atoms with Crippen LogP contribution in [0, 0.1) is 0 Å². The Hall–Kier alpha value is -1.63. The smallest absolute Gasteiger partial charge is 0.262 e. The first-order valence-electron chi connectivity index (χ1n) is 9.59. The summed E-state index contributed by atoms with van der Waals surface area (Å²) in [6.45, 7) is 1.02. The molecule has 150 valence electrons. The summed E-state index contributed by atoms with van der Waals surface area (Å²) < 4.78 is 6.16. The number of carbonyl (C=O) groups excluding carboxylic acids is 1. The fourth-order valence-corrected chi connectivity index (χ4v) is 5.75. The molecule has 6 heteroatoms. The van der Waals surface area contributed by atoms with Crippen molar-refractivity contribution in [1.29, 1.82) is 0 Å². The molecule has 1 aliphatic rings. The number of anilines is 1. The third-order valence-corrected chi connectivity index (χ3v) is 7.45. The zero-order chi connectivity index (χ0) is 19.8. The highest BCUT2D eigenvalue weighted by Crippen LogP contribution is 2.43. The number of hydrogen-bond acceptors (Lipinski definition) is 5. The standard InChI is InChI=1S/C22H28N2O2S2/c1-24(2)13-12-17-4-8-19(9-5-17)23-21(25)16-26-20-10-6-18(7-11-20)22-27-14-3-15-28-22/h4-11,22H,3,12-16H2,1-2H3,(H,23,25). The van der Waals surface area contributed by atoms with Gasteiger partial charge in [0.2, 0.25) is 0 Å². The van der Waals surface area contributed by atoms with Crippen LogP contribution in [0.2, 0.25) is 0 Å². The number of likely N-dealkylation sites (N-methyl/N-ethyl adjacent to an activating group) is 1. The molecule has 3 rings (SSSR count). The molecular weight excluding hydrogens is 388 g/mol. The van der Waals surface area contributed by atoms with Crippen molar-refractivity contribution in [3.05, 3.63) is 59.7 Å². The molecule has 0 aliphatic carbocycles. The monoisotopic (exact) mass is 416 g/mol. The lowest BCUT2D eigenvalue weighted by Crippen LogP contribution is -2.20. The molecule has 28 heavy (non-hydrogen) atoms. The summed E-state index contributed by atoms with van der Waals surface area (Å²) in [5.74, 6) is 3.03. The van der Waals surface area contributed by atoms with Gasteiger partial charge in [-0.25, -0.2) is 0 Å². The van der Waals surface area contributed by atoms with Crippen LogP contribution in [0.1, 0.15) is 22.1 Å². The van der Waals surface area contributed by atoms with Gasteiger partial charge >= 0.3 is 0 Å². The van der Waals surface area contributed by atoms with Crippen LogP contribution in [0.4, 0.5) is 5.69 Å². The zero-order valence-electron chi connectivity index (χ0n) is 16.5. The van der Waals surface area contributed by atoms with Crippen molar-refractivity contribution in [1.82, 2.24) is 4.90 Å². The summed E-state index contributed by atoms with van der Waals surface area (Å²) in [4.78, 5) is 14.3. The maximum Gasteiger partial charge on any atom is 0.262 e. The molecule has 0 atom stereocenters. The molecule has 1 aliphatic heterocycles. The molecule has 1 fully saturated rings. The van der Waals surface area contributed by atoms with E-state index in [1.54, 1.807) is 0 Å². The second-order valence-corrected chi connectivity index (χ2v) is 9.81. The first-order chi connectivity index (χ1) is 13.6. The largest absolute Gasteiger partial charge is 0.484 e. The lowest BCUT2D eigenvalue weighted by molar-refractivity contribution is -0.118. The SMILES string of the molecule is CN(C)CCc1ccc(NC(=O)COc2ccc(C3SCCCS3)cc2)cc1. The van der Waals surface area contributed by atoms with Gasteiger partial charge in [0, 0.05) is 12.2 Å². The summed E-state index contributed by atoms with van der Waals surface area (Å²) in [5.41, 5.74) is 3.38. The molecule has 0 bridgehead atoms. The van der Waals surface area contributed by atoms with Gasteiger partial charge in [-0.05, 0) is 73.8 Å². The number of amides is 1. The fraction of sp³-hybridized carbons (Fsp3) is 0.409. The molecule has 1 saturated heterocycles. The molecule has 1 N–H and O–H groups in total. The van der Waals surface area contributed by atoms with Crippen LogP contribution in [0.3, 0.4) is 0 Å². The van der Waals surface area contributed by atoms with Gasteiger partial charge in [-0.15, -0.1) is 23.5 Å². The number of carbonyl (C=O) groups is 1. The van der Waals surface area contributed by atoms with E-state index in [9.17, 15) is 4.79 Å². The van der Waals surface area contributed by atoms with Gasteiger partial charge < -0.3 is 15.0 Å². The Morgan fingerprint density at radius 3 is 2.39 bits per heavy atom. The highest BCUT2D eigenvalue weighted by molar-refractivity contribution is 8.16. The number of thioether (sulfide) groups is 2. The third-order valence-electron chi connectivity index (χ3n) is 4.43. The van der Waals surface area contributed by atoms with Crippen molar-refractivity contribution in [2.45, 2.75) is 17.4 Å². The summed E-state index contributed by atoms with van der Waals surface area (Å²) in [6, 6.07) is 16.1. The number of hydrogen-bond donors (Lipinski definition) is 1. The topological polar surface area (TPSA) is 41.6 Å². The maximum atomic E-state index is 12.2. The van der Waals surface area contributed by atoms with Gasteiger partial charge in [0.1, 0.15) is 5.75 Å². The van der Waals surface area contributed by atoms with E-state index in [1.807, 2.05) is 47.8 Å². The Morgan fingerprint density at radius 1 is 1.07 bits per heavy atom.